The molecule has 0 bridgehead atoms. The minimum atomic E-state index is -0.145. The summed E-state index contributed by atoms with van der Waals surface area (Å²) in [5, 5.41) is 2.93. The predicted molar refractivity (Wildman–Crippen MR) is 130 cm³/mol. The van der Waals surface area contributed by atoms with Gasteiger partial charge in [-0.1, -0.05) is 42.5 Å². The van der Waals surface area contributed by atoms with E-state index in [2.05, 4.69) is 28.9 Å². The molecule has 1 amide bonds. The second-order valence-corrected chi connectivity index (χ2v) is 7.89. The quantitative estimate of drug-likeness (QED) is 0.345. The van der Waals surface area contributed by atoms with Crippen LogP contribution in [0.4, 0.5) is 0 Å². The van der Waals surface area contributed by atoms with Gasteiger partial charge in [-0.3, -0.25) is 4.79 Å². The molecule has 0 fully saturated rings. The number of para-hydroxylation sites is 3. The van der Waals surface area contributed by atoms with Gasteiger partial charge in [-0.2, -0.15) is 0 Å². The van der Waals surface area contributed by atoms with Gasteiger partial charge in [0.05, 0.1) is 17.6 Å². The Morgan fingerprint density at radius 3 is 2.58 bits per heavy atom. The summed E-state index contributed by atoms with van der Waals surface area (Å²) in [4.78, 5) is 16.9. The predicted octanol–water partition coefficient (Wildman–Crippen LogP) is 4.55. The first-order chi connectivity index (χ1) is 16.2. The first kappa shape index (κ1) is 22.4. The van der Waals surface area contributed by atoms with Crippen LogP contribution in [0.25, 0.3) is 11.0 Å². The average Bonchev–Trinajstić information content (AvgIpc) is 3.18. The van der Waals surface area contributed by atoms with Gasteiger partial charge in [-0.25, -0.2) is 4.98 Å². The number of imidazole rings is 1. The monoisotopic (exact) mass is 443 g/mol. The first-order valence-corrected chi connectivity index (χ1v) is 11.3. The van der Waals surface area contributed by atoms with Crippen LogP contribution in [0.5, 0.6) is 11.5 Å². The number of carbonyl (C=O) groups excluding carboxylic acids is 1. The lowest BCUT2D eigenvalue weighted by atomic mass is 10.2. The van der Waals surface area contributed by atoms with Crippen molar-refractivity contribution in [1.29, 1.82) is 0 Å². The summed E-state index contributed by atoms with van der Waals surface area (Å²) in [6.07, 6.45) is 1.50. The highest BCUT2D eigenvalue weighted by Crippen LogP contribution is 2.18. The third-order valence-corrected chi connectivity index (χ3v) is 5.30. The smallest absolute Gasteiger partial charge is 0.257 e. The summed E-state index contributed by atoms with van der Waals surface area (Å²) in [5.74, 6) is 2.39. The summed E-state index contributed by atoms with van der Waals surface area (Å²) in [5.41, 5.74) is 3.25. The largest absolute Gasteiger partial charge is 0.494 e. The number of nitrogens with zero attached hydrogens (tertiary/aromatic N) is 2. The third-order valence-electron chi connectivity index (χ3n) is 5.30. The Balaban J connectivity index is 1.30. The third kappa shape index (κ3) is 6.35. The molecule has 6 heteroatoms. The van der Waals surface area contributed by atoms with E-state index in [4.69, 9.17) is 14.5 Å². The molecule has 0 aliphatic carbocycles. The summed E-state index contributed by atoms with van der Waals surface area (Å²) in [6.45, 7) is 3.98. The molecule has 1 aromatic heterocycles. The van der Waals surface area contributed by atoms with Crippen LogP contribution < -0.4 is 14.8 Å². The summed E-state index contributed by atoms with van der Waals surface area (Å²) < 4.78 is 13.6. The number of hydrogen-bond donors (Lipinski definition) is 1. The Bertz CT molecular complexity index is 1190. The number of hydrogen-bond acceptors (Lipinski definition) is 4. The molecule has 0 radical (unpaired) electrons. The van der Waals surface area contributed by atoms with Crippen LogP contribution in [0.15, 0.2) is 78.9 Å². The van der Waals surface area contributed by atoms with Crippen LogP contribution in [0.2, 0.25) is 0 Å². The van der Waals surface area contributed by atoms with E-state index in [0.29, 0.717) is 25.3 Å². The first-order valence-electron chi connectivity index (χ1n) is 11.3. The van der Waals surface area contributed by atoms with Gasteiger partial charge in [-0.15, -0.1) is 0 Å². The van der Waals surface area contributed by atoms with E-state index in [1.54, 1.807) is 0 Å². The Kier molecular flexibility index (Phi) is 7.59. The van der Waals surface area contributed by atoms with Crippen LogP contribution in [0, 0.1) is 6.92 Å². The summed E-state index contributed by atoms with van der Waals surface area (Å²) in [7, 11) is 0. The molecular formula is C27H29N3O3. The van der Waals surface area contributed by atoms with Crippen molar-refractivity contribution in [2.24, 2.45) is 0 Å². The lowest BCUT2D eigenvalue weighted by molar-refractivity contribution is -0.123. The Morgan fingerprint density at radius 2 is 1.73 bits per heavy atom. The van der Waals surface area contributed by atoms with E-state index in [0.717, 1.165) is 35.6 Å². The van der Waals surface area contributed by atoms with Crippen LogP contribution in [0.3, 0.4) is 0 Å². The SMILES string of the molecule is Cc1cccc(OCCCn2c(CCNC(=O)COc3ccccc3)nc3ccccc32)c1. The standard InChI is InChI=1S/C27H29N3O3/c1-21-9-7-12-23(19-21)32-18-8-17-30-25-14-6-5-13-24(25)29-26(30)15-16-28-27(31)20-33-22-10-3-2-4-11-22/h2-7,9-14,19H,8,15-18,20H2,1H3,(H,28,31). The summed E-state index contributed by atoms with van der Waals surface area (Å²) >= 11 is 0. The van der Waals surface area contributed by atoms with E-state index in [9.17, 15) is 4.79 Å². The molecule has 0 saturated heterocycles. The maximum absolute atomic E-state index is 12.2. The molecule has 0 atom stereocenters. The second-order valence-electron chi connectivity index (χ2n) is 7.89. The molecule has 0 unspecified atom stereocenters. The van der Waals surface area contributed by atoms with Gasteiger partial charge in [0.2, 0.25) is 0 Å². The second kappa shape index (κ2) is 11.2. The molecule has 1 N–H and O–H groups in total. The van der Waals surface area contributed by atoms with Crippen molar-refractivity contribution in [3.8, 4) is 11.5 Å². The number of rotatable bonds is 11. The van der Waals surface area contributed by atoms with Crippen molar-refractivity contribution >= 4 is 16.9 Å². The van der Waals surface area contributed by atoms with Gasteiger partial charge in [-0.05, 0) is 55.3 Å². The van der Waals surface area contributed by atoms with Gasteiger partial charge in [0, 0.05) is 19.5 Å². The minimum Gasteiger partial charge on any atom is -0.494 e. The summed E-state index contributed by atoms with van der Waals surface area (Å²) in [6, 6.07) is 25.5. The fourth-order valence-electron chi connectivity index (χ4n) is 3.71. The van der Waals surface area contributed by atoms with Crippen LogP contribution >= 0.6 is 0 Å². The van der Waals surface area contributed by atoms with Crippen molar-refractivity contribution in [2.75, 3.05) is 19.8 Å². The molecule has 170 valence electrons. The lowest BCUT2D eigenvalue weighted by Gasteiger charge is -2.11. The Morgan fingerprint density at radius 1 is 0.939 bits per heavy atom. The number of ether oxygens (including phenoxy) is 2. The normalized spacial score (nSPS) is 10.8. The molecule has 6 nitrogen and oxygen atoms in total. The zero-order valence-electron chi connectivity index (χ0n) is 18.9. The Labute approximate surface area is 194 Å². The van der Waals surface area contributed by atoms with Gasteiger partial charge in [0.1, 0.15) is 17.3 Å². The number of fused-ring (bicyclic) bond motifs is 1. The minimum absolute atomic E-state index is 0.00325. The molecule has 4 aromatic rings. The van der Waals surface area contributed by atoms with Crippen molar-refractivity contribution in [3.05, 3.63) is 90.3 Å². The number of benzene rings is 3. The van der Waals surface area contributed by atoms with E-state index in [1.165, 1.54) is 5.56 Å². The van der Waals surface area contributed by atoms with Crippen molar-refractivity contribution in [3.63, 3.8) is 0 Å². The molecule has 33 heavy (non-hydrogen) atoms. The highest BCUT2D eigenvalue weighted by molar-refractivity contribution is 5.77. The molecule has 0 spiro atoms. The van der Waals surface area contributed by atoms with E-state index >= 15 is 0 Å². The zero-order valence-corrected chi connectivity index (χ0v) is 18.9. The number of carbonyl (C=O) groups is 1. The van der Waals surface area contributed by atoms with E-state index < -0.39 is 0 Å². The van der Waals surface area contributed by atoms with Gasteiger partial charge in [0.15, 0.2) is 6.61 Å². The molecule has 0 aliphatic heterocycles. The molecule has 1 heterocycles. The van der Waals surface area contributed by atoms with Crippen LogP contribution in [0.1, 0.15) is 17.8 Å². The Hall–Kier alpha value is -3.80. The number of nitrogens with one attached hydrogen (secondary N) is 1. The van der Waals surface area contributed by atoms with E-state index in [1.807, 2.05) is 66.7 Å². The molecule has 0 aliphatic rings. The lowest BCUT2D eigenvalue weighted by Crippen LogP contribution is -2.31. The number of aryl methyl sites for hydroxylation is 2. The fraction of sp³-hybridized carbons (Fsp3) is 0.259. The van der Waals surface area contributed by atoms with Crippen LogP contribution in [-0.4, -0.2) is 35.2 Å². The molecular weight excluding hydrogens is 414 g/mol. The zero-order chi connectivity index (χ0) is 22.9. The highest BCUT2D eigenvalue weighted by Gasteiger charge is 2.11. The highest BCUT2D eigenvalue weighted by atomic mass is 16.5. The fourth-order valence-corrected chi connectivity index (χ4v) is 3.71. The maximum atomic E-state index is 12.2. The molecule has 4 rings (SSSR count). The van der Waals surface area contributed by atoms with Crippen molar-refractivity contribution in [2.45, 2.75) is 26.3 Å². The number of aromatic nitrogens is 2. The molecule has 0 saturated carbocycles. The van der Waals surface area contributed by atoms with Crippen molar-refractivity contribution < 1.29 is 14.3 Å². The van der Waals surface area contributed by atoms with Gasteiger partial charge in [0.25, 0.3) is 5.91 Å². The van der Waals surface area contributed by atoms with E-state index in [-0.39, 0.29) is 12.5 Å². The average molecular weight is 444 g/mol. The topological polar surface area (TPSA) is 65.4 Å². The van der Waals surface area contributed by atoms with Crippen LogP contribution in [-0.2, 0) is 17.8 Å². The maximum Gasteiger partial charge on any atom is 0.257 e. The van der Waals surface area contributed by atoms with Gasteiger partial charge >= 0.3 is 0 Å². The number of amides is 1. The molecule has 3 aromatic carbocycles. The van der Waals surface area contributed by atoms with Gasteiger partial charge < -0.3 is 19.4 Å². The van der Waals surface area contributed by atoms with Crippen molar-refractivity contribution in [1.82, 2.24) is 14.9 Å².